The van der Waals surface area contributed by atoms with E-state index in [0.717, 1.165) is 73.7 Å². The van der Waals surface area contributed by atoms with Gasteiger partial charge in [-0.2, -0.15) is 0 Å². The van der Waals surface area contributed by atoms with E-state index < -0.39 is 10.8 Å². The van der Waals surface area contributed by atoms with Crippen molar-refractivity contribution in [3.63, 3.8) is 0 Å². The van der Waals surface area contributed by atoms with E-state index in [2.05, 4.69) is 316 Å². The molecule has 5 aliphatic carbocycles. The van der Waals surface area contributed by atoms with Gasteiger partial charge in [0.2, 0.25) is 0 Å². The Balaban J connectivity index is 0.677. The molecule has 1 nitrogen and oxygen atoms in total. The number of allylic oxidation sites excluding steroid dienone is 5. The van der Waals surface area contributed by atoms with Gasteiger partial charge in [0.1, 0.15) is 0 Å². The summed E-state index contributed by atoms with van der Waals surface area (Å²) >= 11 is 0. The molecule has 0 saturated carbocycles. The van der Waals surface area contributed by atoms with Crippen LogP contribution in [-0.4, -0.2) is 5.78 Å². The molecule has 14 aromatic rings. The van der Waals surface area contributed by atoms with E-state index in [9.17, 15) is 0 Å². The molecule has 0 heterocycles. The van der Waals surface area contributed by atoms with Crippen molar-refractivity contribution in [2.24, 2.45) is 0 Å². The predicted molar refractivity (Wildman–Crippen MR) is 386 cm³/mol. The van der Waals surface area contributed by atoms with Crippen LogP contribution in [0.2, 0.25) is 0 Å². The second-order valence-corrected chi connectivity index (χ2v) is 25.9. The Morgan fingerprint density at radius 2 is 0.914 bits per heavy atom. The molecular weight excluding hydrogens is 1120 g/mol. The van der Waals surface area contributed by atoms with Gasteiger partial charge in [-0.3, -0.25) is 4.79 Å². The first kappa shape index (κ1) is 53.2. The highest BCUT2D eigenvalue weighted by atomic mass is 16.1. The maximum absolute atomic E-state index is 15.7. The molecule has 1 atom stereocenters. The summed E-state index contributed by atoms with van der Waals surface area (Å²) < 4.78 is 0. The molecular formula is C92H58O. The maximum Gasteiger partial charge on any atom is 0.193 e. The Hall–Kier alpha value is -11.7. The number of rotatable bonds is 7. The third-order valence-electron chi connectivity index (χ3n) is 21.4. The maximum atomic E-state index is 15.7. The number of carbonyl (C=O) groups excluding carboxylic acids is 1. The van der Waals surface area contributed by atoms with Crippen LogP contribution in [0, 0.1) is 19.3 Å². The largest absolute Gasteiger partial charge is 0.289 e. The van der Waals surface area contributed by atoms with E-state index in [1.807, 2.05) is 0 Å². The Bertz CT molecular complexity index is 5760. The van der Waals surface area contributed by atoms with Crippen molar-refractivity contribution in [3.05, 3.63) is 375 Å². The molecule has 0 aromatic heterocycles. The fraction of sp³-hybridized carbons (Fsp3) is 0.0543. The molecule has 0 saturated heterocycles. The van der Waals surface area contributed by atoms with E-state index >= 15 is 4.79 Å². The SMILES string of the molecule is C#C/C(=C\c1ccc(-c2cccc(-c3cc4ccccc4c4ccccc34)c2)cc1C)c1ccc2ccc(-c3ccc4c(c3)-c3ccc(C(=O)c5ccc6c(c5)C5(C7=C(C=CCC7)c7ccccc75)c5ccccc5-6)cc3C43c4ccccc4-c4ccccc43)cc2c1. The third kappa shape index (κ3) is 7.56. The summed E-state index contributed by atoms with van der Waals surface area (Å²) in [5, 5.41) is 7.29. The van der Waals surface area contributed by atoms with Crippen molar-refractivity contribution in [2.75, 3.05) is 0 Å². The van der Waals surface area contributed by atoms with Crippen LogP contribution in [-0.2, 0) is 10.8 Å². The van der Waals surface area contributed by atoms with Crippen LogP contribution in [0.1, 0.15) is 90.0 Å². The molecule has 0 N–H and O–H groups in total. The van der Waals surface area contributed by atoms with E-state index in [-0.39, 0.29) is 5.78 Å². The van der Waals surface area contributed by atoms with Crippen molar-refractivity contribution < 1.29 is 4.79 Å². The summed E-state index contributed by atoms with van der Waals surface area (Å²) in [5.41, 5.74) is 31.3. The highest BCUT2D eigenvalue weighted by Crippen LogP contribution is 2.65. The Labute approximate surface area is 541 Å². The van der Waals surface area contributed by atoms with Crippen molar-refractivity contribution in [3.8, 4) is 79.1 Å². The van der Waals surface area contributed by atoms with Crippen molar-refractivity contribution in [1.82, 2.24) is 0 Å². The molecule has 19 rings (SSSR count). The van der Waals surface area contributed by atoms with Crippen LogP contribution < -0.4 is 0 Å². The Morgan fingerprint density at radius 3 is 1.65 bits per heavy atom. The molecule has 0 amide bonds. The lowest BCUT2D eigenvalue weighted by Crippen LogP contribution is -2.28. The van der Waals surface area contributed by atoms with Crippen LogP contribution in [0.3, 0.4) is 0 Å². The Morgan fingerprint density at radius 1 is 0.376 bits per heavy atom. The molecule has 0 aliphatic heterocycles. The molecule has 0 bridgehead atoms. The van der Waals surface area contributed by atoms with Crippen molar-refractivity contribution in [2.45, 2.75) is 30.6 Å². The van der Waals surface area contributed by atoms with Crippen LogP contribution in [0.15, 0.2) is 303 Å². The Kier molecular flexibility index (Phi) is 11.5. The van der Waals surface area contributed by atoms with Gasteiger partial charge in [-0.05, 0) is 240 Å². The van der Waals surface area contributed by atoms with Crippen LogP contribution >= 0.6 is 0 Å². The molecule has 14 aromatic carbocycles. The first-order valence-electron chi connectivity index (χ1n) is 32.5. The van der Waals surface area contributed by atoms with E-state index in [1.54, 1.807) is 0 Å². The average molecular weight is 1180 g/mol. The van der Waals surface area contributed by atoms with Gasteiger partial charge >= 0.3 is 0 Å². The standard InChI is InChI=1S/C92H58O/c1-3-57(48-59-37-40-61(47-56(59)2)60-20-18-21-65(49-60)80-53-66-19-4-5-22-70(66)71-23-6-7-24-72(71)80)62-38-35-58-36-39-63(51-69(58)50-62)64-43-46-87-81(52-64)79-45-42-68(55-89(79)92(87)84-32-15-10-27-75(84)76-28-11-16-33-85(76)92)90(93)67-41-44-78-77-29-12-17-34-86(77)91(88(78)54-67)82-30-13-8-25-73(82)74-26-9-14-31-83(74)91/h1,4-13,15-30,32-55H,14,31H2,2H3/b57-48+. The summed E-state index contributed by atoms with van der Waals surface area (Å²) in [4.78, 5) is 15.7. The summed E-state index contributed by atoms with van der Waals surface area (Å²) in [7, 11) is 0. The zero-order valence-corrected chi connectivity index (χ0v) is 51.3. The van der Waals surface area contributed by atoms with E-state index in [1.165, 1.54) is 116 Å². The van der Waals surface area contributed by atoms with Gasteiger partial charge < -0.3 is 0 Å². The molecule has 432 valence electrons. The molecule has 2 spiro atoms. The predicted octanol–water partition coefficient (Wildman–Crippen LogP) is 22.6. The number of hydrogen-bond acceptors (Lipinski definition) is 1. The minimum atomic E-state index is -0.643. The van der Waals surface area contributed by atoms with Crippen LogP contribution in [0.25, 0.3) is 116 Å². The van der Waals surface area contributed by atoms with Gasteiger partial charge in [-0.25, -0.2) is 0 Å². The minimum Gasteiger partial charge on any atom is -0.289 e. The van der Waals surface area contributed by atoms with Gasteiger partial charge in [0.25, 0.3) is 0 Å². The lowest BCUT2D eigenvalue weighted by atomic mass is 9.68. The summed E-state index contributed by atoms with van der Waals surface area (Å²) in [6, 6.07) is 105. The third-order valence-corrected chi connectivity index (χ3v) is 21.4. The fourth-order valence-electron chi connectivity index (χ4n) is 17.3. The first-order chi connectivity index (χ1) is 45.9. The van der Waals surface area contributed by atoms with Gasteiger partial charge in [0.05, 0.1) is 10.8 Å². The summed E-state index contributed by atoms with van der Waals surface area (Å²) in [6.45, 7) is 2.18. The van der Waals surface area contributed by atoms with Gasteiger partial charge in [0.15, 0.2) is 5.78 Å². The highest BCUT2D eigenvalue weighted by molar-refractivity contribution is 6.15. The molecule has 0 fully saturated rings. The number of terminal acetylenes is 1. The quantitative estimate of drug-likeness (QED) is 0.0673. The van der Waals surface area contributed by atoms with Gasteiger partial charge in [-0.15, -0.1) is 6.42 Å². The number of aryl methyl sites for hydroxylation is 1. The number of ketones is 1. The zero-order chi connectivity index (χ0) is 61.7. The molecule has 1 unspecified atom stereocenters. The lowest BCUT2D eigenvalue weighted by Gasteiger charge is -2.33. The lowest BCUT2D eigenvalue weighted by molar-refractivity contribution is 0.103. The molecule has 5 aliphatic rings. The van der Waals surface area contributed by atoms with E-state index in [4.69, 9.17) is 6.42 Å². The first-order valence-corrected chi connectivity index (χ1v) is 32.5. The second kappa shape index (κ2) is 20.2. The molecule has 1 heteroatoms. The van der Waals surface area contributed by atoms with E-state index in [0.29, 0.717) is 11.1 Å². The van der Waals surface area contributed by atoms with Gasteiger partial charge in [0, 0.05) is 16.7 Å². The van der Waals surface area contributed by atoms with Gasteiger partial charge in [-0.1, -0.05) is 261 Å². The molecule has 0 radical (unpaired) electrons. The normalized spacial score (nSPS) is 15.6. The zero-order valence-electron chi connectivity index (χ0n) is 51.3. The topological polar surface area (TPSA) is 17.1 Å². The van der Waals surface area contributed by atoms with Crippen molar-refractivity contribution in [1.29, 1.82) is 0 Å². The average Bonchev–Trinajstić information content (AvgIpc) is 1.52. The number of fused-ring (bicyclic) bond motifs is 23. The number of benzene rings is 14. The van der Waals surface area contributed by atoms with Crippen molar-refractivity contribution >= 4 is 55.3 Å². The molecule has 93 heavy (non-hydrogen) atoms. The van der Waals surface area contributed by atoms with Crippen LogP contribution in [0.4, 0.5) is 0 Å². The number of hydrogen-bond donors (Lipinski definition) is 0. The summed E-state index contributed by atoms with van der Waals surface area (Å²) in [6.07, 6.45) is 15.2. The smallest absolute Gasteiger partial charge is 0.193 e. The summed E-state index contributed by atoms with van der Waals surface area (Å²) in [5.74, 6) is 3.10. The minimum absolute atomic E-state index is 0.0255. The monoisotopic (exact) mass is 1180 g/mol. The number of carbonyl (C=O) groups is 1. The second-order valence-electron chi connectivity index (χ2n) is 25.9. The fourth-order valence-corrected chi connectivity index (χ4v) is 17.3. The highest BCUT2D eigenvalue weighted by Gasteiger charge is 2.54. The van der Waals surface area contributed by atoms with Crippen LogP contribution in [0.5, 0.6) is 0 Å².